The van der Waals surface area contributed by atoms with Gasteiger partial charge < -0.3 is 5.32 Å². The molecule has 0 unspecified atom stereocenters. The van der Waals surface area contributed by atoms with E-state index in [0.29, 0.717) is 28.0 Å². The maximum atomic E-state index is 12.7. The smallest absolute Gasteiger partial charge is 0.325 e. The third-order valence-electron chi connectivity index (χ3n) is 4.42. The van der Waals surface area contributed by atoms with E-state index in [1.165, 1.54) is 11.6 Å². The molecule has 152 valence electrons. The molecule has 10 heteroatoms. The van der Waals surface area contributed by atoms with Crippen molar-refractivity contribution in [3.63, 3.8) is 0 Å². The lowest BCUT2D eigenvalue weighted by Crippen LogP contribution is -2.37. The van der Waals surface area contributed by atoms with Crippen LogP contribution in [0.3, 0.4) is 0 Å². The fourth-order valence-electron chi connectivity index (χ4n) is 2.74. The molecule has 1 amide bonds. The van der Waals surface area contributed by atoms with Crippen LogP contribution < -0.4 is 16.6 Å². The maximum absolute atomic E-state index is 12.7. The number of hydrogen-bond donors (Lipinski definition) is 1. The molecule has 0 bridgehead atoms. The van der Waals surface area contributed by atoms with E-state index < -0.39 is 11.2 Å². The lowest BCUT2D eigenvalue weighted by molar-refractivity contribution is -0.113. The number of nitrogens with one attached hydrogen (secondary N) is 1. The Balaban J connectivity index is 1.93. The van der Waals surface area contributed by atoms with Gasteiger partial charge in [0.2, 0.25) is 5.91 Å². The number of hydrogen-bond acceptors (Lipinski definition) is 6. The van der Waals surface area contributed by atoms with Gasteiger partial charge in [-0.15, -0.1) is 0 Å². The van der Waals surface area contributed by atoms with Gasteiger partial charge in [-0.05, 0) is 24.6 Å². The molecule has 29 heavy (non-hydrogen) atoms. The van der Waals surface area contributed by atoms with Crippen molar-refractivity contribution in [2.75, 3.05) is 11.1 Å². The number of benzene rings is 1. The third kappa shape index (κ3) is 4.20. The SMILES string of the molecule is CCc1nc(SCC(=O)Nc2ccc(C)c(Cl)c2)c2c(=O)n(C)c(=O)n(C)c2n1. The number of carbonyl (C=O) groups is 1. The Hall–Kier alpha value is -2.65. The summed E-state index contributed by atoms with van der Waals surface area (Å²) >= 11 is 7.22. The van der Waals surface area contributed by atoms with Gasteiger partial charge in [-0.1, -0.05) is 36.4 Å². The highest BCUT2D eigenvalue weighted by atomic mass is 35.5. The molecule has 1 N–H and O–H groups in total. The summed E-state index contributed by atoms with van der Waals surface area (Å²) in [5, 5.41) is 3.94. The summed E-state index contributed by atoms with van der Waals surface area (Å²) in [7, 11) is 2.96. The van der Waals surface area contributed by atoms with Crippen molar-refractivity contribution >= 4 is 46.0 Å². The number of fused-ring (bicyclic) bond motifs is 1. The van der Waals surface area contributed by atoms with Gasteiger partial charge in [0.05, 0.1) is 5.75 Å². The number of carbonyl (C=O) groups excluding carboxylic acids is 1. The van der Waals surface area contributed by atoms with Gasteiger partial charge in [0.25, 0.3) is 5.56 Å². The van der Waals surface area contributed by atoms with Crippen LogP contribution in [0, 0.1) is 6.92 Å². The summed E-state index contributed by atoms with van der Waals surface area (Å²) in [6.07, 6.45) is 0.529. The van der Waals surface area contributed by atoms with E-state index in [9.17, 15) is 14.4 Å². The summed E-state index contributed by atoms with van der Waals surface area (Å²) in [5.74, 6) is 0.266. The number of aryl methyl sites for hydroxylation is 3. The number of aromatic nitrogens is 4. The van der Waals surface area contributed by atoms with E-state index >= 15 is 0 Å². The monoisotopic (exact) mass is 433 g/mol. The predicted octanol–water partition coefficient (Wildman–Crippen LogP) is 2.28. The highest BCUT2D eigenvalue weighted by Gasteiger charge is 2.18. The van der Waals surface area contributed by atoms with E-state index in [1.54, 1.807) is 19.2 Å². The van der Waals surface area contributed by atoms with Crippen LogP contribution >= 0.6 is 23.4 Å². The van der Waals surface area contributed by atoms with Crippen molar-refractivity contribution in [1.82, 2.24) is 19.1 Å². The summed E-state index contributed by atoms with van der Waals surface area (Å²) in [5.41, 5.74) is 0.816. The Labute approximate surface area is 175 Å². The lowest BCUT2D eigenvalue weighted by atomic mass is 10.2. The van der Waals surface area contributed by atoms with Crippen molar-refractivity contribution in [3.8, 4) is 0 Å². The number of rotatable bonds is 5. The van der Waals surface area contributed by atoms with E-state index in [4.69, 9.17) is 11.6 Å². The second-order valence-corrected chi connectivity index (χ2v) is 7.87. The number of halogens is 1. The molecule has 1 aromatic carbocycles. The zero-order valence-electron chi connectivity index (χ0n) is 16.4. The molecular weight excluding hydrogens is 414 g/mol. The van der Waals surface area contributed by atoms with Gasteiger partial charge in [0.1, 0.15) is 16.2 Å². The Morgan fingerprint density at radius 3 is 2.59 bits per heavy atom. The molecular formula is C19H20ClN5O3S. The van der Waals surface area contributed by atoms with Crippen molar-refractivity contribution in [3.05, 3.63) is 55.4 Å². The van der Waals surface area contributed by atoms with Crippen LogP contribution in [-0.2, 0) is 25.3 Å². The van der Waals surface area contributed by atoms with Crippen molar-refractivity contribution in [1.29, 1.82) is 0 Å². The zero-order valence-corrected chi connectivity index (χ0v) is 18.0. The second kappa shape index (κ2) is 8.38. The van der Waals surface area contributed by atoms with E-state index in [-0.39, 0.29) is 22.7 Å². The molecule has 0 aliphatic rings. The normalized spacial score (nSPS) is 11.1. The maximum Gasteiger partial charge on any atom is 0.332 e. The molecule has 2 heterocycles. The molecule has 2 aromatic heterocycles. The Bertz CT molecular complexity index is 1240. The van der Waals surface area contributed by atoms with Crippen LogP contribution in [0.2, 0.25) is 5.02 Å². The first-order valence-corrected chi connectivity index (χ1v) is 10.2. The highest BCUT2D eigenvalue weighted by Crippen LogP contribution is 2.24. The topological polar surface area (TPSA) is 98.9 Å². The van der Waals surface area contributed by atoms with Crippen LogP contribution in [0.15, 0.2) is 32.8 Å². The number of thioether (sulfide) groups is 1. The summed E-state index contributed by atoms with van der Waals surface area (Å²) in [4.78, 5) is 46.0. The number of nitrogens with zero attached hydrogens (tertiary/aromatic N) is 4. The zero-order chi connectivity index (χ0) is 21.3. The van der Waals surface area contributed by atoms with Crippen LogP contribution in [0.5, 0.6) is 0 Å². The highest BCUT2D eigenvalue weighted by molar-refractivity contribution is 8.00. The minimum Gasteiger partial charge on any atom is -0.325 e. The Kier molecular flexibility index (Phi) is 6.09. The number of anilines is 1. The molecule has 0 fully saturated rings. The molecule has 3 rings (SSSR count). The summed E-state index contributed by atoms with van der Waals surface area (Å²) in [6, 6.07) is 5.27. The average Bonchev–Trinajstić information content (AvgIpc) is 2.71. The van der Waals surface area contributed by atoms with Crippen LogP contribution in [-0.4, -0.2) is 30.8 Å². The fraction of sp³-hybridized carbons (Fsp3) is 0.316. The van der Waals surface area contributed by atoms with Crippen LogP contribution in [0.4, 0.5) is 5.69 Å². The molecule has 0 radical (unpaired) electrons. The predicted molar refractivity (Wildman–Crippen MR) is 115 cm³/mol. The first kappa shape index (κ1) is 21.1. The molecule has 0 aliphatic carbocycles. The van der Waals surface area contributed by atoms with Gasteiger partial charge in [-0.2, -0.15) is 0 Å². The Morgan fingerprint density at radius 2 is 1.93 bits per heavy atom. The largest absolute Gasteiger partial charge is 0.332 e. The average molecular weight is 434 g/mol. The van der Waals surface area contributed by atoms with Gasteiger partial charge >= 0.3 is 5.69 Å². The number of amides is 1. The molecule has 8 nitrogen and oxygen atoms in total. The molecule has 0 saturated heterocycles. The van der Waals surface area contributed by atoms with Crippen molar-refractivity contribution in [2.45, 2.75) is 25.3 Å². The molecule has 0 atom stereocenters. The van der Waals surface area contributed by atoms with Gasteiger partial charge in [0, 0.05) is 31.2 Å². The van der Waals surface area contributed by atoms with E-state index in [0.717, 1.165) is 21.9 Å². The van der Waals surface area contributed by atoms with E-state index in [2.05, 4.69) is 15.3 Å². The van der Waals surface area contributed by atoms with Crippen LogP contribution in [0.1, 0.15) is 18.3 Å². The van der Waals surface area contributed by atoms with Crippen molar-refractivity contribution < 1.29 is 4.79 Å². The minimum absolute atomic E-state index is 0.0345. The Morgan fingerprint density at radius 1 is 1.21 bits per heavy atom. The first-order chi connectivity index (χ1) is 13.7. The summed E-state index contributed by atoms with van der Waals surface area (Å²) < 4.78 is 2.33. The second-order valence-electron chi connectivity index (χ2n) is 6.50. The standard InChI is InChI=1S/C19H20ClN5O3S/c1-5-13-22-16-15(18(27)25(4)19(28)24(16)3)17(23-13)29-9-14(26)21-11-7-6-10(2)12(20)8-11/h6-8H,5,9H2,1-4H3,(H,21,26). The summed E-state index contributed by atoms with van der Waals surface area (Å²) in [6.45, 7) is 3.76. The first-order valence-electron chi connectivity index (χ1n) is 8.88. The quantitative estimate of drug-likeness (QED) is 0.489. The molecule has 0 spiro atoms. The lowest BCUT2D eigenvalue weighted by Gasteiger charge is -2.11. The van der Waals surface area contributed by atoms with Gasteiger partial charge in [0.15, 0.2) is 5.65 Å². The van der Waals surface area contributed by atoms with E-state index in [1.807, 2.05) is 19.9 Å². The molecule has 3 aromatic rings. The minimum atomic E-state index is -0.487. The molecule has 0 saturated carbocycles. The fourth-order valence-corrected chi connectivity index (χ4v) is 3.75. The van der Waals surface area contributed by atoms with Crippen molar-refractivity contribution in [2.24, 2.45) is 14.1 Å². The van der Waals surface area contributed by atoms with Gasteiger partial charge in [-0.3, -0.25) is 18.7 Å². The van der Waals surface area contributed by atoms with Gasteiger partial charge in [-0.25, -0.2) is 14.8 Å². The van der Waals surface area contributed by atoms with Crippen LogP contribution in [0.25, 0.3) is 11.0 Å². The molecule has 0 aliphatic heterocycles. The third-order valence-corrected chi connectivity index (χ3v) is 5.81.